The van der Waals surface area contributed by atoms with Crippen molar-refractivity contribution >= 4 is 32.8 Å². The number of nitrogens with one attached hydrogen (secondary N) is 1. The second-order valence-corrected chi connectivity index (χ2v) is 6.61. The SMILES string of the molecule is CS(=O)(=O)c1ccc(Nc2ccc(N)cc2C(N)=O)cc1. The van der Waals surface area contributed by atoms with Crippen LogP contribution < -0.4 is 16.8 Å². The average molecular weight is 305 g/mol. The maximum absolute atomic E-state index is 11.4. The molecule has 2 aromatic carbocycles. The molecule has 0 heterocycles. The molecule has 0 aliphatic rings. The standard InChI is InChI=1S/C14H15N3O3S/c1-21(19,20)11-5-3-10(4-6-11)17-13-7-2-9(15)8-12(13)14(16)18/h2-8,17H,15H2,1H3,(H2,16,18). The van der Waals surface area contributed by atoms with Crippen molar-refractivity contribution in [3.05, 3.63) is 48.0 Å². The minimum Gasteiger partial charge on any atom is -0.399 e. The van der Waals surface area contributed by atoms with E-state index in [9.17, 15) is 13.2 Å². The van der Waals surface area contributed by atoms with Crippen molar-refractivity contribution in [2.24, 2.45) is 5.73 Å². The van der Waals surface area contributed by atoms with Gasteiger partial charge in [-0.25, -0.2) is 8.42 Å². The molecule has 21 heavy (non-hydrogen) atoms. The number of anilines is 3. The van der Waals surface area contributed by atoms with Gasteiger partial charge in [-0.15, -0.1) is 0 Å². The molecule has 0 bridgehead atoms. The summed E-state index contributed by atoms with van der Waals surface area (Å²) in [6, 6.07) is 10.9. The summed E-state index contributed by atoms with van der Waals surface area (Å²) in [6.07, 6.45) is 1.14. The van der Waals surface area contributed by atoms with Crippen molar-refractivity contribution < 1.29 is 13.2 Å². The number of hydrogen-bond donors (Lipinski definition) is 3. The van der Waals surface area contributed by atoms with E-state index >= 15 is 0 Å². The van der Waals surface area contributed by atoms with E-state index in [0.717, 1.165) is 6.26 Å². The first-order valence-electron chi connectivity index (χ1n) is 6.04. The average Bonchev–Trinajstić information content (AvgIpc) is 2.40. The third-order valence-electron chi connectivity index (χ3n) is 2.87. The van der Waals surface area contributed by atoms with E-state index in [1.54, 1.807) is 24.3 Å². The first-order valence-corrected chi connectivity index (χ1v) is 7.93. The number of amides is 1. The van der Waals surface area contributed by atoms with Gasteiger partial charge in [-0.2, -0.15) is 0 Å². The second-order valence-electron chi connectivity index (χ2n) is 4.59. The lowest BCUT2D eigenvalue weighted by Crippen LogP contribution is -2.13. The summed E-state index contributed by atoms with van der Waals surface area (Å²) in [5.74, 6) is -0.599. The quantitative estimate of drug-likeness (QED) is 0.741. The predicted octanol–water partition coefficient (Wildman–Crippen LogP) is 1.51. The molecule has 110 valence electrons. The molecule has 6 nitrogen and oxygen atoms in total. The highest BCUT2D eigenvalue weighted by Crippen LogP contribution is 2.24. The van der Waals surface area contributed by atoms with Gasteiger partial charge in [0.15, 0.2) is 9.84 Å². The Hall–Kier alpha value is -2.54. The Bertz CT molecular complexity index is 784. The highest BCUT2D eigenvalue weighted by molar-refractivity contribution is 7.90. The maximum Gasteiger partial charge on any atom is 0.250 e. The lowest BCUT2D eigenvalue weighted by molar-refractivity contribution is 0.100. The molecule has 0 aliphatic heterocycles. The summed E-state index contributed by atoms with van der Waals surface area (Å²) in [6.45, 7) is 0. The van der Waals surface area contributed by atoms with Crippen molar-refractivity contribution in [2.45, 2.75) is 4.90 Å². The number of nitrogen functional groups attached to an aromatic ring is 1. The molecule has 2 rings (SSSR count). The molecule has 0 atom stereocenters. The maximum atomic E-state index is 11.4. The van der Waals surface area contributed by atoms with E-state index in [2.05, 4.69) is 5.32 Å². The molecule has 1 amide bonds. The number of nitrogens with two attached hydrogens (primary N) is 2. The number of benzene rings is 2. The van der Waals surface area contributed by atoms with Gasteiger partial charge in [-0.1, -0.05) is 0 Å². The van der Waals surface area contributed by atoms with Crippen LogP contribution in [0.4, 0.5) is 17.1 Å². The first kappa shape index (κ1) is 14.9. The number of sulfone groups is 1. The summed E-state index contributed by atoms with van der Waals surface area (Å²) < 4.78 is 22.8. The molecule has 0 fully saturated rings. The highest BCUT2D eigenvalue weighted by atomic mass is 32.2. The minimum atomic E-state index is -3.24. The van der Waals surface area contributed by atoms with Gasteiger partial charge in [0.05, 0.1) is 16.1 Å². The van der Waals surface area contributed by atoms with Crippen molar-refractivity contribution in [1.82, 2.24) is 0 Å². The molecule has 0 saturated heterocycles. The van der Waals surface area contributed by atoms with Gasteiger partial charge in [0.25, 0.3) is 5.91 Å². The fourth-order valence-electron chi connectivity index (χ4n) is 1.82. The largest absolute Gasteiger partial charge is 0.399 e. The van der Waals surface area contributed by atoms with Crippen LogP contribution in [0, 0.1) is 0 Å². The van der Waals surface area contributed by atoms with E-state index in [4.69, 9.17) is 11.5 Å². The van der Waals surface area contributed by atoms with Crippen molar-refractivity contribution in [1.29, 1.82) is 0 Å². The second kappa shape index (κ2) is 5.45. The Balaban J connectivity index is 2.33. The van der Waals surface area contributed by atoms with E-state index < -0.39 is 15.7 Å². The first-order chi connectivity index (χ1) is 9.77. The molecular weight excluding hydrogens is 290 g/mol. The number of primary amides is 1. The Morgan fingerprint density at radius 2 is 1.71 bits per heavy atom. The summed E-state index contributed by atoms with van der Waals surface area (Å²) in [5, 5.41) is 3.01. The van der Waals surface area contributed by atoms with Crippen molar-refractivity contribution in [3.63, 3.8) is 0 Å². The molecule has 0 saturated carbocycles. The van der Waals surface area contributed by atoms with Crippen LogP contribution in [0.15, 0.2) is 47.4 Å². The number of rotatable bonds is 4. The van der Waals surface area contributed by atoms with Crippen LogP contribution in [0.1, 0.15) is 10.4 Å². The monoisotopic (exact) mass is 305 g/mol. The minimum absolute atomic E-state index is 0.223. The van der Waals surface area contributed by atoms with Crippen LogP contribution in [0.5, 0.6) is 0 Å². The van der Waals surface area contributed by atoms with Crippen LogP contribution in [0.2, 0.25) is 0 Å². The van der Waals surface area contributed by atoms with E-state index in [1.807, 2.05) is 0 Å². The number of carbonyl (C=O) groups is 1. The Labute approximate surface area is 122 Å². The van der Waals surface area contributed by atoms with Crippen molar-refractivity contribution in [3.8, 4) is 0 Å². The van der Waals surface area contributed by atoms with Gasteiger partial charge in [0, 0.05) is 17.6 Å². The summed E-state index contributed by atoms with van der Waals surface area (Å²) >= 11 is 0. The summed E-state index contributed by atoms with van der Waals surface area (Å²) in [7, 11) is -3.24. The normalized spacial score (nSPS) is 11.1. The molecule has 0 aliphatic carbocycles. The van der Waals surface area contributed by atoms with Gasteiger partial charge in [-0.3, -0.25) is 4.79 Å². The zero-order valence-corrected chi connectivity index (χ0v) is 12.1. The molecular formula is C14H15N3O3S. The fraction of sp³-hybridized carbons (Fsp3) is 0.0714. The van der Waals surface area contributed by atoms with Crippen LogP contribution >= 0.6 is 0 Å². The summed E-state index contributed by atoms with van der Waals surface area (Å²) in [5.41, 5.74) is 12.8. The molecule has 0 radical (unpaired) electrons. The van der Waals surface area contributed by atoms with Crippen LogP contribution in [-0.2, 0) is 9.84 Å². The predicted molar refractivity (Wildman–Crippen MR) is 82.2 cm³/mol. The number of carbonyl (C=O) groups excluding carboxylic acids is 1. The zero-order chi connectivity index (χ0) is 15.6. The topological polar surface area (TPSA) is 115 Å². The molecule has 0 aromatic heterocycles. The molecule has 5 N–H and O–H groups in total. The third-order valence-corrected chi connectivity index (χ3v) is 4.00. The van der Waals surface area contributed by atoms with Gasteiger partial charge < -0.3 is 16.8 Å². The molecule has 7 heteroatoms. The molecule has 0 spiro atoms. The molecule has 2 aromatic rings. The highest BCUT2D eigenvalue weighted by Gasteiger charge is 2.10. The zero-order valence-electron chi connectivity index (χ0n) is 11.3. The van der Waals surface area contributed by atoms with Gasteiger partial charge in [0.1, 0.15) is 0 Å². The van der Waals surface area contributed by atoms with Crippen LogP contribution in [0.25, 0.3) is 0 Å². The smallest absolute Gasteiger partial charge is 0.250 e. The van der Waals surface area contributed by atoms with E-state index in [-0.39, 0.29) is 10.5 Å². The van der Waals surface area contributed by atoms with Gasteiger partial charge >= 0.3 is 0 Å². The van der Waals surface area contributed by atoms with Gasteiger partial charge in [-0.05, 0) is 42.5 Å². The van der Waals surface area contributed by atoms with E-state index in [0.29, 0.717) is 17.1 Å². The van der Waals surface area contributed by atoms with Crippen molar-refractivity contribution in [2.75, 3.05) is 17.3 Å². The Morgan fingerprint density at radius 1 is 1.10 bits per heavy atom. The van der Waals surface area contributed by atoms with E-state index in [1.165, 1.54) is 18.2 Å². The molecule has 0 unspecified atom stereocenters. The Kier molecular flexibility index (Phi) is 3.86. The van der Waals surface area contributed by atoms with Gasteiger partial charge in [0.2, 0.25) is 0 Å². The number of hydrogen-bond acceptors (Lipinski definition) is 5. The fourth-order valence-corrected chi connectivity index (χ4v) is 2.45. The Morgan fingerprint density at radius 3 is 2.24 bits per heavy atom. The third kappa shape index (κ3) is 3.51. The van der Waals surface area contributed by atoms with Crippen LogP contribution in [0.3, 0.4) is 0 Å². The lowest BCUT2D eigenvalue weighted by Gasteiger charge is -2.11. The van der Waals surface area contributed by atoms with Crippen LogP contribution in [-0.4, -0.2) is 20.6 Å². The lowest BCUT2D eigenvalue weighted by atomic mass is 10.1. The summed E-state index contributed by atoms with van der Waals surface area (Å²) in [4.78, 5) is 11.6.